The first-order valence-corrected chi connectivity index (χ1v) is 11.8. The number of benzene rings is 2. The molecule has 2 aliphatic heterocycles. The van der Waals surface area contributed by atoms with E-state index in [0.29, 0.717) is 24.5 Å². The summed E-state index contributed by atoms with van der Waals surface area (Å²) in [7, 11) is 0. The van der Waals surface area contributed by atoms with Crippen LogP contribution in [-0.2, 0) is 17.8 Å². The summed E-state index contributed by atoms with van der Waals surface area (Å²) in [6, 6.07) is 15.9. The highest BCUT2D eigenvalue weighted by Gasteiger charge is 2.31. The van der Waals surface area contributed by atoms with Gasteiger partial charge in [0.25, 0.3) is 5.91 Å². The summed E-state index contributed by atoms with van der Waals surface area (Å²) in [6.45, 7) is 1.93. The minimum Gasteiger partial charge on any atom is -0.480 e. The van der Waals surface area contributed by atoms with Gasteiger partial charge in [0.05, 0.1) is 0 Å². The Morgan fingerprint density at radius 2 is 1.91 bits per heavy atom. The van der Waals surface area contributed by atoms with Crippen molar-refractivity contribution in [2.75, 3.05) is 18.0 Å². The summed E-state index contributed by atoms with van der Waals surface area (Å²) < 4.78 is 0. The van der Waals surface area contributed by atoms with Gasteiger partial charge in [-0.3, -0.25) is 14.5 Å². The van der Waals surface area contributed by atoms with Gasteiger partial charge in [0.15, 0.2) is 5.01 Å². The van der Waals surface area contributed by atoms with E-state index >= 15 is 0 Å². The number of thiazole rings is 1. The van der Waals surface area contributed by atoms with Crippen molar-refractivity contribution in [1.82, 2.24) is 9.88 Å². The van der Waals surface area contributed by atoms with Gasteiger partial charge in [-0.1, -0.05) is 48.9 Å². The van der Waals surface area contributed by atoms with Crippen molar-refractivity contribution in [3.63, 3.8) is 0 Å². The molecule has 0 radical (unpaired) electrons. The van der Waals surface area contributed by atoms with Gasteiger partial charge in [-0.25, -0.2) is 4.98 Å². The van der Waals surface area contributed by atoms with Crippen LogP contribution in [0.25, 0.3) is 11.1 Å². The molecule has 0 aliphatic carbocycles. The Bertz CT molecular complexity index is 1140. The zero-order valence-electron chi connectivity index (χ0n) is 17.7. The van der Waals surface area contributed by atoms with E-state index < -0.39 is 12.0 Å². The molecule has 1 amide bonds. The normalized spacial score (nSPS) is 18.5. The number of carbonyl (C=O) groups is 2. The number of nitrogens with zero attached hydrogens (tertiary/aromatic N) is 3. The van der Waals surface area contributed by atoms with Crippen LogP contribution in [0.3, 0.4) is 0 Å². The summed E-state index contributed by atoms with van der Waals surface area (Å²) in [6.07, 6.45) is 5.16. The maximum absolute atomic E-state index is 13.3. The molecular weight excluding hydrogens is 422 g/mol. The van der Waals surface area contributed by atoms with Crippen LogP contribution in [0, 0.1) is 0 Å². The molecule has 2 aliphatic rings. The quantitative estimate of drug-likeness (QED) is 0.625. The maximum Gasteiger partial charge on any atom is 0.320 e. The van der Waals surface area contributed by atoms with Crippen molar-refractivity contribution in [3.05, 3.63) is 70.2 Å². The average Bonchev–Trinajstić information content (AvgIpc) is 3.46. The fourth-order valence-corrected chi connectivity index (χ4v) is 5.68. The summed E-state index contributed by atoms with van der Waals surface area (Å²) >= 11 is 1.37. The predicted octanol–water partition coefficient (Wildman–Crippen LogP) is 4.45. The van der Waals surface area contributed by atoms with Crippen LogP contribution >= 0.6 is 11.3 Å². The summed E-state index contributed by atoms with van der Waals surface area (Å²) in [4.78, 5) is 34.0. The van der Waals surface area contributed by atoms with Crippen molar-refractivity contribution in [1.29, 1.82) is 0 Å². The molecule has 1 saturated heterocycles. The van der Waals surface area contributed by atoms with Crippen LogP contribution < -0.4 is 4.90 Å². The van der Waals surface area contributed by atoms with Crippen molar-refractivity contribution < 1.29 is 14.7 Å². The van der Waals surface area contributed by atoms with Crippen LogP contribution in [0.15, 0.2) is 54.7 Å². The molecule has 2 aromatic carbocycles. The maximum atomic E-state index is 13.3. The Morgan fingerprint density at radius 1 is 1.06 bits per heavy atom. The van der Waals surface area contributed by atoms with E-state index in [2.05, 4.69) is 23.2 Å². The number of anilines is 1. The molecule has 1 aromatic heterocycles. The highest BCUT2D eigenvalue weighted by Crippen LogP contribution is 2.37. The largest absolute Gasteiger partial charge is 0.480 e. The number of amides is 1. The molecule has 6 nitrogen and oxygen atoms in total. The van der Waals surface area contributed by atoms with Gasteiger partial charge in [-0.05, 0) is 48.6 Å². The van der Waals surface area contributed by atoms with E-state index in [0.717, 1.165) is 41.9 Å². The fraction of sp³-hybridized carbons (Fsp3) is 0.320. The Labute approximate surface area is 191 Å². The minimum atomic E-state index is -0.770. The Balaban J connectivity index is 1.35. The second kappa shape index (κ2) is 8.84. The van der Waals surface area contributed by atoms with Gasteiger partial charge in [-0.15, -0.1) is 11.3 Å². The topological polar surface area (TPSA) is 73.7 Å². The summed E-state index contributed by atoms with van der Waals surface area (Å²) in [5, 5.41) is 9.97. The van der Waals surface area contributed by atoms with E-state index in [1.807, 2.05) is 40.1 Å². The first kappa shape index (κ1) is 20.8. The minimum absolute atomic E-state index is 0.0846. The molecule has 164 valence electrons. The van der Waals surface area contributed by atoms with Crippen molar-refractivity contribution in [2.24, 2.45) is 0 Å². The zero-order chi connectivity index (χ0) is 22.1. The number of carbonyl (C=O) groups excluding carboxylic acids is 1. The van der Waals surface area contributed by atoms with E-state index in [1.54, 1.807) is 6.20 Å². The number of hydrogen-bond acceptors (Lipinski definition) is 5. The third-order valence-corrected chi connectivity index (χ3v) is 7.32. The van der Waals surface area contributed by atoms with Crippen LogP contribution in [0.5, 0.6) is 0 Å². The van der Waals surface area contributed by atoms with Crippen LogP contribution in [0.1, 0.15) is 39.5 Å². The molecule has 1 atom stereocenters. The lowest BCUT2D eigenvalue weighted by molar-refractivity contribution is -0.144. The number of carboxylic acid groups (broad SMARTS) is 1. The molecule has 32 heavy (non-hydrogen) atoms. The van der Waals surface area contributed by atoms with Gasteiger partial charge >= 0.3 is 5.97 Å². The van der Waals surface area contributed by atoms with Crippen LogP contribution in [-0.4, -0.2) is 46.0 Å². The second-order valence-corrected chi connectivity index (χ2v) is 9.44. The molecule has 3 heterocycles. The highest BCUT2D eigenvalue weighted by molar-refractivity contribution is 7.13. The lowest BCUT2D eigenvalue weighted by Crippen LogP contribution is -2.43. The van der Waals surface area contributed by atoms with Gasteiger partial charge in [0.2, 0.25) is 0 Å². The predicted molar refractivity (Wildman–Crippen MR) is 125 cm³/mol. The van der Waals surface area contributed by atoms with E-state index in [4.69, 9.17) is 0 Å². The highest BCUT2D eigenvalue weighted by atomic mass is 32.1. The van der Waals surface area contributed by atoms with E-state index in [1.165, 1.54) is 22.5 Å². The molecule has 0 unspecified atom stereocenters. The molecule has 0 spiro atoms. The second-order valence-electron chi connectivity index (χ2n) is 8.33. The lowest BCUT2D eigenvalue weighted by Gasteiger charge is -2.32. The van der Waals surface area contributed by atoms with Crippen molar-refractivity contribution in [3.8, 4) is 11.1 Å². The van der Waals surface area contributed by atoms with Crippen molar-refractivity contribution in [2.45, 2.75) is 38.3 Å². The van der Waals surface area contributed by atoms with Gasteiger partial charge in [-0.2, -0.15) is 0 Å². The molecule has 1 N–H and O–H groups in total. The smallest absolute Gasteiger partial charge is 0.320 e. The molecule has 7 heteroatoms. The third-order valence-electron chi connectivity index (χ3n) is 6.35. The number of aliphatic carboxylic acids is 1. The summed E-state index contributed by atoms with van der Waals surface area (Å²) in [5.74, 6) is -0.855. The molecule has 0 bridgehead atoms. The Kier molecular flexibility index (Phi) is 5.76. The van der Waals surface area contributed by atoms with Gasteiger partial charge in [0.1, 0.15) is 6.04 Å². The molecule has 0 saturated carbocycles. The van der Waals surface area contributed by atoms with Gasteiger partial charge < -0.3 is 10.0 Å². The third kappa shape index (κ3) is 3.94. The Morgan fingerprint density at radius 3 is 2.72 bits per heavy atom. The van der Waals surface area contributed by atoms with E-state index in [-0.39, 0.29) is 5.91 Å². The number of rotatable bonds is 5. The average molecular weight is 448 g/mol. The molecular formula is C25H25N3O3S. The monoisotopic (exact) mass is 447 g/mol. The first-order valence-electron chi connectivity index (χ1n) is 11.0. The SMILES string of the molecule is O=C(O)[C@@H]1CCCCN1Cc1cnc(C(=O)N2CCc3c(-c4ccccc4)cccc32)s1. The first-order chi connectivity index (χ1) is 15.6. The molecule has 5 rings (SSSR count). The van der Waals surface area contributed by atoms with Gasteiger partial charge in [0, 0.05) is 29.9 Å². The number of aromatic nitrogens is 1. The number of hydrogen-bond donors (Lipinski definition) is 1. The van der Waals surface area contributed by atoms with Crippen LogP contribution in [0.4, 0.5) is 5.69 Å². The molecule has 1 fully saturated rings. The van der Waals surface area contributed by atoms with Crippen LogP contribution in [0.2, 0.25) is 0 Å². The standard InChI is InChI=1S/C25H25N3O3S/c29-24(23-26-15-18(32-23)16-27-13-5-4-10-22(27)25(30)31)28-14-12-20-19(9-6-11-21(20)28)17-7-2-1-3-8-17/h1-3,6-9,11,15,22H,4-5,10,12-14,16H2,(H,30,31)/t22-/m0/s1. The number of fused-ring (bicyclic) bond motifs is 1. The van der Waals surface area contributed by atoms with E-state index in [9.17, 15) is 14.7 Å². The number of likely N-dealkylation sites (tertiary alicyclic amines) is 1. The number of piperidine rings is 1. The lowest BCUT2D eigenvalue weighted by atomic mass is 9.98. The fourth-order valence-electron chi connectivity index (χ4n) is 4.79. The summed E-state index contributed by atoms with van der Waals surface area (Å²) in [5.41, 5.74) is 4.48. The Hall–Kier alpha value is -3.03. The zero-order valence-corrected chi connectivity index (χ0v) is 18.6. The van der Waals surface area contributed by atoms with Crippen molar-refractivity contribution >= 4 is 28.9 Å². The molecule has 3 aromatic rings. The number of carboxylic acids is 1.